The lowest BCUT2D eigenvalue weighted by molar-refractivity contribution is 0.664. The van der Waals surface area contributed by atoms with Crippen LogP contribution in [0.4, 0.5) is 0 Å². The molecular formula is C58H32O3. The van der Waals surface area contributed by atoms with Gasteiger partial charge in [-0.25, -0.2) is 0 Å². The fraction of sp³-hybridized carbons (Fsp3) is 0. The Labute approximate surface area is 348 Å². The Balaban J connectivity index is 0.930. The van der Waals surface area contributed by atoms with E-state index in [0.717, 1.165) is 93.3 Å². The van der Waals surface area contributed by atoms with Crippen LogP contribution in [0.3, 0.4) is 0 Å². The van der Waals surface area contributed by atoms with Crippen LogP contribution in [0.2, 0.25) is 0 Å². The zero-order valence-electron chi connectivity index (χ0n) is 32.7. The third-order valence-corrected chi connectivity index (χ3v) is 13.0. The Morgan fingerprint density at radius 2 is 0.803 bits per heavy atom. The highest BCUT2D eigenvalue weighted by atomic mass is 16.3. The van der Waals surface area contributed by atoms with Crippen molar-refractivity contribution >= 4 is 109 Å². The molecule has 3 heteroatoms. The number of hydrogen-bond acceptors (Lipinski definition) is 3. The Bertz CT molecular complexity index is 4110. The van der Waals surface area contributed by atoms with Crippen LogP contribution in [0, 0.1) is 0 Å². The van der Waals surface area contributed by atoms with Gasteiger partial charge in [-0.2, -0.15) is 0 Å². The van der Waals surface area contributed by atoms with Crippen molar-refractivity contribution in [3.8, 4) is 33.4 Å². The number of fused-ring (bicyclic) bond motifs is 15. The first kappa shape index (κ1) is 32.8. The maximum atomic E-state index is 6.78. The minimum Gasteiger partial charge on any atom is -0.455 e. The molecule has 0 aliphatic carbocycles. The summed E-state index contributed by atoms with van der Waals surface area (Å²) in [5, 5.41) is 16.1. The van der Waals surface area contributed by atoms with E-state index in [-0.39, 0.29) is 0 Å². The third-order valence-electron chi connectivity index (χ3n) is 13.0. The van der Waals surface area contributed by atoms with Crippen molar-refractivity contribution in [3.05, 3.63) is 194 Å². The summed E-state index contributed by atoms with van der Waals surface area (Å²) in [6, 6.07) is 69.7. The first-order valence-corrected chi connectivity index (χ1v) is 20.8. The van der Waals surface area contributed by atoms with Crippen molar-refractivity contribution in [1.29, 1.82) is 0 Å². The van der Waals surface area contributed by atoms with Crippen LogP contribution in [-0.2, 0) is 0 Å². The van der Waals surface area contributed by atoms with Gasteiger partial charge in [-0.1, -0.05) is 146 Å². The molecule has 3 heterocycles. The molecule has 0 saturated heterocycles. The molecule has 14 rings (SSSR count). The largest absolute Gasteiger partial charge is 0.455 e. The summed E-state index contributed by atoms with van der Waals surface area (Å²) in [4.78, 5) is 0. The molecule has 0 amide bonds. The van der Waals surface area contributed by atoms with Crippen molar-refractivity contribution in [1.82, 2.24) is 0 Å². The summed E-state index contributed by atoms with van der Waals surface area (Å²) >= 11 is 0. The van der Waals surface area contributed by atoms with Crippen molar-refractivity contribution in [2.45, 2.75) is 0 Å². The molecular weight excluding hydrogens is 745 g/mol. The van der Waals surface area contributed by atoms with Crippen molar-refractivity contribution in [2.75, 3.05) is 0 Å². The predicted molar refractivity (Wildman–Crippen MR) is 255 cm³/mol. The summed E-state index contributed by atoms with van der Waals surface area (Å²) in [5.74, 6) is 0. The van der Waals surface area contributed by atoms with E-state index in [1.54, 1.807) is 0 Å². The van der Waals surface area contributed by atoms with Gasteiger partial charge in [0.25, 0.3) is 0 Å². The lowest BCUT2D eigenvalue weighted by Crippen LogP contribution is -1.91. The van der Waals surface area contributed by atoms with Gasteiger partial charge in [-0.3, -0.25) is 0 Å². The smallest absolute Gasteiger partial charge is 0.147 e. The van der Waals surface area contributed by atoms with Crippen LogP contribution in [0.15, 0.2) is 207 Å². The molecule has 11 aromatic carbocycles. The molecule has 3 nitrogen and oxygen atoms in total. The van der Waals surface area contributed by atoms with Gasteiger partial charge >= 0.3 is 0 Å². The van der Waals surface area contributed by atoms with E-state index in [1.165, 1.54) is 49.0 Å². The minimum atomic E-state index is 0.825. The molecule has 0 aliphatic rings. The number of furan rings is 3. The lowest BCUT2D eigenvalue weighted by Gasteiger charge is -2.18. The van der Waals surface area contributed by atoms with Gasteiger partial charge in [0, 0.05) is 37.9 Å². The van der Waals surface area contributed by atoms with Gasteiger partial charge in [0.2, 0.25) is 0 Å². The monoisotopic (exact) mass is 776 g/mol. The van der Waals surface area contributed by atoms with Gasteiger partial charge < -0.3 is 13.3 Å². The van der Waals surface area contributed by atoms with E-state index in [4.69, 9.17) is 13.3 Å². The van der Waals surface area contributed by atoms with Crippen LogP contribution in [0.5, 0.6) is 0 Å². The third kappa shape index (κ3) is 4.58. The maximum absolute atomic E-state index is 6.78. The van der Waals surface area contributed by atoms with Crippen LogP contribution in [0.25, 0.3) is 142 Å². The average molecular weight is 777 g/mol. The first-order chi connectivity index (χ1) is 30.2. The predicted octanol–water partition coefficient (Wildman–Crippen LogP) is 17.0. The van der Waals surface area contributed by atoms with Crippen LogP contribution < -0.4 is 0 Å². The van der Waals surface area contributed by atoms with Crippen LogP contribution >= 0.6 is 0 Å². The second kappa shape index (κ2) is 12.2. The highest BCUT2D eigenvalue weighted by Crippen LogP contribution is 2.47. The molecule has 0 aliphatic heterocycles. The molecule has 0 bridgehead atoms. The Hall–Kier alpha value is -8.14. The molecule has 0 fully saturated rings. The maximum Gasteiger partial charge on any atom is 0.147 e. The van der Waals surface area contributed by atoms with Crippen molar-refractivity contribution < 1.29 is 13.3 Å². The van der Waals surface area contributed by atoms with E-state index in [1.807, 2.05) is 12.1 Å². The summed E-state index contributed by atoms with van der Waals surface area (Å²) in [6.45, 7) is 0. The summed E-state index contributed by atoms with van der Waals surface area (Å²) in [5.41, 5.74) is 12.3. The normalized spacial score (nSPS) is 12.3. The Morgan fingerprint density at radius 1 is 0.246 bits per heavy atom. The van der Waals surface area contributed by atoms with Gasteiger partial charge in [0.1, 0.15) is 33.5 Å². The number of benzene rings is 11. The second-order valence-electron chi connectivity index (χ2n) is 16.3. The lowest BCUT2D eigenvalue weighted by atomic mass is 9.84. The SMILES string of the molecule is c1ccc2c(-c3c4ccccc4c(-c4ccc5oc6c(-c7ccc8c(ccc9c8oc8ccc%10c%11ccccc%11oc%10c89)c7)cccc6c5c4)c4ccccc34)cccc2c1. The van der Waals surface area contributed by atoms with Crippen molar-refractivity contribution in [3.63, 3.8) is 0 Å². The van der Waals surface area contributed by atoms with E-state index in [9.17, 15) is 0 Å². The molecule has 282 valence electrons. The van der Waals surface area contributed by atoms with Crippen LogP contribution in [0.1, 0.15) is 0 Å². The fourth-order valence-corrected chi connectivity index (χ4v) is 10.4. The topological polar surface area (TPSA) is 39.4 Å². The van der Waals surface area contributed by atoms with E-state index >= 15 is 0 Å². The zero-order valence-corrected chi connectivity index (χ0v) is 32.7. The number of hydrogen-bond donors (Lipinski definition) is 0. The fourth-order valence-electron chi connectivity index (χ4n) is 10.4. The quantitative estimate of drug-likeness (QED) is 0.168. The molecule has 0 spiro atoms. The highest BCUT2D eigenvalue weighted by Gasteiger charge is 2.21. The molecule has 0 unspecified atom stereocenters. The summed E-state index contributed by atoms with van der Waals surface area (Å²) < 4.78 is 19.8. The molecule has 0 atom stereocenters. The van der Waals surface area contributed by atoms with Gasteiger partial charge in [0.05, 0.1) is 5.39 Å². The standard InChI is InChI=1S/C58H32O3/c1-2-13-37-33(11-1)12-9-20-41(37)54-44-17-5-3-15-42(44)53(43-16-4-6-18-45(43)54)36-25-29-51-49(32-36)46-21-10-19-38(56(46)59-51)34-23-26-39-35(31-34)24-27-48-55-52(61-57(39)48)30-28-47-40-14-7-8-22-50(40)60-58(47)55/h1-32H. The molecule has 0 N–H and O–H groups in total. The summed E-state index contributed by atoms with van der Waals surface area (Å²) in [6.07, 6.45) is 0. The molecule has 61 heavy (non-hydrogen) atoms. The first-order valence-electron chi connectivity index (χ1n) is 20.8. The Kier molecular flexibility index (Phi) is 6.56. The molecule has 0 saturated carbocycles. The van der Waals surface area contributed by atoms with Gasteiger partial charge in [-0.05, 0) is 114 Å². The Morgan fingerprint density at radius 3 is 1.64 bits per heavy atom. The van der Waals surface area contributed by atoms with Gasteiger partial charge in [-0.15, -0.1) is 0 Å². The minimum absolute atomic E-state index is 0.825. The molecule has 3 aromatic heterocycles. The van der Waals surface area contributed by atoms with Gasteiger partial charge in [0.15, 0.2) is 0 Å². The molecule has 14 aromatic rings. The van der Waals surface area contributed by atoms with E-state index < -0.39 is 0 Å². The second-order valence-corrected chi connectivity index (χ2v) is 16.3. The average Bonchev–Trinajstić information content (AvgIpc) is 4.02. The van der Waals surface area contributed by atoms with Crippen molar-refractivity contribution in [2.24, 2.45) is 0 Å². The summed E-state index contributed by atoms with van der Waals surface area (Å²) in [7, 11) is 0. The van der Waals surface area contributed by atoms with E-state index in [0.29, 0.717) is 0 Å². The van der Waals surface area contributed by atoms with Crippen LogP contribution in [-0.4, -0.2) is 0 Å². The molecule has 0 radical (unpaired) electrons. The zero-order chi connectivity index (χ0) is 39.8. The van der Waals surface area contributed by atoms with E-state index in [2.05, 4.69) is 182 Å². The highest BCUT2D eigenvalue weighted by molar-refractivity contribution is 6.26. The number of para-hydroxylation sites is 2. The number of rotatable bonds is 3.